The Morgan fingerprint density at radius 1 is 1.36 bits per heavy atom. The van der Waals surface area contributed by atoms with Gasteiger partial charge in [-0.1, -0.05) is 18.2 Å². The van der Waals surface area contributed by atoms with E-state index in [-0.39, 0.29) is 25.0 Å². The van der Waals surface area contributed by atoms with Crippen molar-refractivity contribution in [3.63, 3.8) is 0 Å². The van der Waals surface area contributed by atoms with E-state index in [9.17, 15) is 19.2 Å². The number of benzene rings is 1. The first-order valence-electron chi connectivity index (χ1n) is 9.27. The lowest BCUT2D eigenvalue weighted by molar-refractivity contribution is -0.156. The highest BCUT2D eigenvalue weighted by atomic mass is 16.5. The zero-order valence-corrected chi connectivity index (χ0v) is 15.4. The maximum Gasteiger partial charge on any atom is 0.327 e. The van der Waals surface area contributed by atoms with Crippen molar-refractivity contribution in [2.45, 2.75) is 43.9 Å². The number of amides is 4. The van der Waals surface area contributed by atoms with E-state index in [0.717, 1.165) is 17.7 Å². The molecule has 0 aromatic heterocycles. The molecule has 1 saturated carbocycles. The lowest BCUT2D eigenvalue weighted by atomic mass is 9.84. The smallest absolute Gasteiger partial charge is 0.327 e. The van der Waals surface area contributed by atoms with Crippen molar-refractivity contribution in [3.8, 4) is 5.75 Å². The van der Waals surface area contributed by atoms with Gasteiger partial charge in [-0.05, 0) is 25.8 Å². The van der Waals surface area contributed by atoms with Crippen LogP contribution < -0.4 is 15.4 Å². The molecule has 3 aliphatic rings. The Hall–Kier alpha value is -3.10. The summed E-state index contributed by atoms with van der Waals surface area (Å²) in [5.41, 5.74) is -0.686. The average Bonchev–Trinajstić information content (AvgIpc) is 3.45. The number of carbonyl (C=O) groups excluding carboxylic acids is 4. The van der Waals surface area contributed by atoms with Crippen molar-refractivity contribution >= 4 is 23.8 Å². The monoisotopic (exact) mass is 387 g/mol. The van der Waals surface area contributed by atoms with E-state index in [0.29, 0.717) is 11.3 Å². The summed E-state index contributed by atoms with van der Waals surface area (Å²) >= 11 is 0. The molecular weight excluding hydrogens is 366 g/mol. The van der Waals surface area contributed by atoms with Gasteiger partial charge in [-0.3, -0.25) is 19.3 Å². The van der Waals surface area contributed by atoms with Crippen molar-refractivity contribution in [3.05, 3.63) is 29.8 Å². The Morgan fingerprint density at radius 2 is 2.11 bits per heavy atom. The number of imide groups is 1. The average molecular weight is 387 g/mol. The van der Waals surface area contributed by atoms with Crippen molar-refractivity contribution in [1.82, 2.24) is 15.5 Å². The Balaban J connectivity index is 1.45. The van der Waals surface area contributed by atoms with E-state index in [1.54, 1.807) is 24.3 Å². The summed E-state index contributed by atoms with van der Waals surface area (Å²) in [6.07, 6.45) is 1.11. The SMILES string of the molecule is C[C@H](OC(=O)CN1C(=O)N[C@]2(CCOc3ccccc32)C1=O)C(=O)NC1CC1. The van der Waals surface area contributed by atoms with Crippen LogP contribution in [0, 0.1) is 0 Å². The molecule has 4 amide bonds. The minimum atomic E-state index is -1.25. The summed E-state index contributed by atoms with van der Waals surface area (Å²) in [5.74, 6) is -1.21. The van der Waals surface area contributed by atoms with Gasteiger partial charge >= 0.3 is 12.0 Å². The van der Waals surface area contributed by atoms with E-state index in [1.165, 1.54) is 6.92 Å². The molecule has 9 nitrogen and oxygen atoms in total. The van der Waals surface area contributed by atoms with Crippen LogP contribution in [0.3, 0.4) is 0 Å². The number of ether oxygens (including phenoxy) is 2. The van der Waals surface area contributed by atoms with Gasteiger partial charge in [0.05, 0.1) is 6.61 Å². The van der Waals surface area contributed by atoms with Crippen LogP contribution in [0.4, 0.5) is 4.79 Å². The molecule has 2 fully saturated rings. The van der Waals surface area contributed by atoms with Gasteiger partial charge in [-0.15, -0.1) is 0 Å². The number of nitrogens with zero attached hydrogens (tertiary/aromatic N) is 1. The lowest BCUT2D eigenvalue weighted by Gasteiger charge is -2.33. The van der Waals surface area contributed by atoms with Gasteiger partial charge in [-0.25, -0.2) is 4.79 Å². The summed E-state index contributed by atoms with van der Waals surface area (Å²) in [6.45, 7) is 1.16. The zero-order valence-electron chi connectivity index (χ0n) is 15.4. The molecule has 1 saturated heterocycles. The second-order valence-electron chi connectivity index (χ2n) is 7.24. The topological polar surface area (TPSA) is 114 Å². The van der Waals surface area contributed by atoms with Crippen LogP contribution in [0.15, 0.2) is 24.3 Å². The molecule has 0 radical (unpaired) electrons. The molecule has 2 N–H and O–H groups in total. The molecule has 9 heteroatoms. The Labute approximate surface area is 161 Å². The van der Waals surface area contributed by atoms with E-state index >= 15 is 0 Å². The number of para-hydroxylation sites is 1. The van der Waals surface area contributed by atoms with Crippen LogP contribution in [0.1, 0.15) is 31.7 Å². The summed E-state index contributed by atoms with van der Waals surface area (Å²) in [7, 11) is 0. The maximum absolute atomic E-state index is 13.1. The summed E-state index contributed by atoms with van der Waals surface area (Å²) in [5, 5.41) is 5.45. The van der Waals surface area contributed by atoms with E-state index in [1.807, 2.05) is 0 Å². The highest BCUT2D eigenvalue weighted by Gasteiger charge is 2.55. The number of hydrogen-bond acceptors (Lipinski definition) is 6. The number of esters is 1. The molecule has 1 spiro atoms. The zero-order chi connectivity index (χ0) is 19.9. The van der Waals surface area contributed by atoms with Crippen molar-refractivity contribution in [2.75, 3.05) is 13.2 Å². The Morgan fingerprint density at radius 3 is 2.86 bits per heavy atom. The fourth-order valence-electron chi connectivity index (χ4n) is 3.48. The second-order valence-corrected chi connectivity index (χ2v) is 7.24. The third-order valence-electron chi connectivity index (χ3n) is 5.15. The first kappa shape index (κ1) is 18.3. The lowest BCUT2D eigenvalue weighted by Crippen LogP contribution is -2.48. The van der Waals surface area contributed by atoms with Gasteiger partial charge < -0.3 is 20.1 Å². The molecule has 0 bridgehead atoms. The number of fused-ring (bicyclic) bond motifs is 2. The molecule has 1 aromatic rings. The highest BCUT2D eigenvalue weighted by Crippen LogP contribution is 2.40. The van der Waals surface area contributed by atoms with Crippen molar-refractivity contribution in [1.29, 1.82) is 0 Å². The molecule has 4 rings (SSSR count). The molecule has 0 unspecified atom stereocenters. The largest absolute Gasteiger partial charge is 0.493 e. The predicted molar refractivity (Wildman–Crippen MR) is 95.2 cm³/mol. The van der Waals surface area contributed by atoms with E-state index in [4.69, 9.17) is 9.47 Å². The second kappa shape index (κ2) is 6.81. The molecule has 2 heterocycles. The Kier molecular flexibility index (Phi) is 4.44. The molecule has 28 heavy (non-hydrogen) atoms. The molecule has 148 valence electrons. The quantitative estimate of drug-likeness (QED) is 0.559. The van der Waals surface area contributed by atoms with Gasteiger partial charge in [0.15, 0.2) is 11.6 Å². The van der Waals surface area contributed by atoms with Crippen LogP contribution in [0.5, 0.6) is 5.75 Å². The molecular formula is C19H21N3O6. The van der Waals surface area contributed by atoms with Crippen LogP contribution in [0.25, 0.3) is 0 Å². The van der Waals surface area contributed by atoms with Gasteiger partial charge in [0.25, 0.3) is 11.8 Å². The van der Waals surface area contributed by atoms with Gasteiger partial charge in [-0.2, -0.15) is 0 Å². The van der Waals surface area contributed by atoms with Crippen molar-refractivity contribution in [2.24, 2.45) is 0 Å². The molecule has 2 atom stereocenters. The molecule has 2 aliphatic heterocycles. The number of urea groups is 1. The van der Waals surface area contributed by atoms with Crippen LogP contribution in [-0.2, 0) is 24.7 Å². The van der Waals surface area contributed by atoms with Crippen LogP contribution >= 0.6 is 0 Å². The molecule has 1 aromatic carbocycles. The third kappa shape index (κ3) is 3.17. The highest BCUT2D eigenvalue weighted by molar-refractivity contribution is 6.09. The number of hydrogen-bond donors (Lipinski definition) is 2. The minimum absolute atomic E-state index is 0.146. The minimum Gasteiger partial charge on any atom is -0.493 e. The first-order valence-corrected chi connectivity index (χ1v) is 9.27. The van der Waals surface area contributed by atoms with Gasteiger partial charge in [0.2, 0.25) is 0 Å². The predicted octanol–water partition coefficient (Wildman–Crippen LogP) is 0.426. The summed E-state index contributed by atoms with van der Waals surface area (Å²) in [6, 6.07) is 6.46. The number of carbonyl (C=O) groups is 4. The van der Waals surface area contributed by atoms with Crippen LogP contribution in [-0.4, -0.2) is 54.0 Å². The fourth-order valence-corrected chi connectivity index (χ4v) is 3.48. The molecule has 1 aliphatic carbocycles. The van der Waals surface area contributed by atoms with Gasteiger partial charge in [0.1, 0.15) is 12.3 Å². The van der Waals surface area contributed by atoms with E-state index < -0.39 is 36.1 Å². The third-order valence-corrected chi connectivity index (χ3v) is 5.15. The van der Waals surface area contributed by atoms with E-state index in [2.05, 4.69) is 10.6 Å². The fraction of sp³-hybridized carbons (Fsp3) is 0.474. The first-order chi connectivity index (χ1) is 13.4. The number of rotatable bonds is 5. The number of nitrogens with one attached hydrogen (secondary N) is 2. The van der Waals surface area contributed by atoms with Crippen molar-refractivity contribution < 1.29 is 28.7 Å². The summed E-state index contributed by atoms with van der Waals surface area (Å²) in [4.78, 5) is 50.5. The standard InChI is InChI=1S/C19H21N3O6/c1-11(16(24)20-12-6-7-12)28-15(23)10-22-17(25)19(21-18(22)26)8-9-27-14-5-3-2-4-13(14)19/h2-5,11-12H,6-10H2,1H3,(H,20,24)(H,21,26)/t11-,19-/m0/s1. The normalized spacial score (nSPS) is 24.2. The Bertz CT molecular complexity index is 852. The maximum atomic E-state index is 13.1. The van der Waals surface area contributed by atoms with Crippen LogP contribution in [0.2, 0.25) is 0 Å². The summed E-state index contributed by atoms with van der Waals surface area (Å²) < 4.78 is 10.7. The van der Waals surface area contributed by atoms with Gasteiger partial charge in [0, 0.05) is 18.0 Å².